The Labute approximate surface area is 145 Å². The maximum absolute atomic E-state index is 5.83. The van der Waals surface area contributed by atoms with Gasteiger partial charge in [-0.15, -0.1) is 0 Å². The van der Waals surface area contributed by atoms with Crippen molar-refractivity contribution in [2.24, 2.45) is 0 Å². The van der Waals surface area contributed by atoms with Crippen molar-refractivity contribution in [3.63, 3.8) is 0 Å². The third-order valence-corrected chi connectivity index (χ3v) is 4.91. The molecule has 0 spiro atoms. The Morgan fingerprint density at radius 1 is 1.24 bits per heavy atom. The van der Waals surface area contributed by atoms with Gasteiger partial charge in [-0.05, 0) is 22.4 Å². The average Bonchev–Trinajstić information content (AvgIpc) is 2.51. The molecule has 1 atom stereocenters. The van der Waals surface area contributed by atoms with Gasteiger partial charge in [-0.25, -0.2) is 9.97 Å². The molecule has 0 aromatic carbocycles. The Morgan fingerprint density at radius 2 is 2.05 bits per heavy atom. The van der Waals surface area contributed by atoms with Crippen LogP contribution in [0.4, 0.5) is 0 Å². The van der Waals surface area contributed by atoms with E-state index in [-0.39, 0.29) is 15.8 Å². The van der Waals surface area contributed by atoms with E-state index in [1.54, 1.807) is 12.4 Å². The fourth-order valence-corrected chi connectivity index (χ4v) is 3.17. The maximum atomic E-state index is 5.83. The zero-order valence-corrected chi connectivity index (χ0v) is 14.9. The number of hydrogen-bond donors (Lipinski definition) is 0. The molecule has 1 aliphatic heterocycles. The number of rotatable bonds is 3. The third-order valence-electron chi connectivity index (χ3n) is 3.19. The van der Waals surface area contributed by atoms with Crippen LogP contribution in [0.2, 0.25) is 0 Å². The fraction of sp³-hybridized carbons (Fsp3) is 0.429. The minimum atomic E-state index is -0.254. The summed E-state index contributed by atoms with van der Waals surface area (Å²) < 4.78 is 17.9. The molecule has 2 aliphatic rings. The van der Waals surface area contributed by atoms with Crippen LogP contribution < -0.4 is 4.74 Å². The van der Waals surface area contributed by atoms with Gasteiger partial charge in [0.2, 0.25) is 5.88 Å². The summed E-state index contributed by atoms with van der Waals surface area (Å²) in [6.45, 7) is 0.954. The summed E-state index contributed by atoms with van der Waals surface area (Å²) in [5, 5.41) is 0. The van der Waals surface area contributed by atoms with Crippen LogP contribution in [0.25, 0.3) is 0 Å². The van der Waals surface area contributed by atoms with E-state index in [1.165, 1.54) is 0 Å². The van der Waals surface area contributed by atoms with Gasteiger partial charge < -0.3 is 14.2 Å². The summed E-state index contributed by atoms with van der Waals surface area (Å²) >= 11 is 5.62. The van der Waals surface area contributed by atoms with Gasteiger partial charge in [-0.2, -0.15) is 0 Å². The lowest BCUT2D eigenvalue weighted by Crippen LogP contribution is -2.48. The van der Waals surface area contributed by atoms with Crippen molar-refractivity contribution in [2.75, 3.05) is 13.2 Å². The monoisotopic (exact) mass is 464 g/mol. The predicted octanol–water partition coefficient (Wildman–Crippen LogP) is 3.05. The fourth-order valence-electron chi connectivity index (χ4n) is 2.15. The molecule has 1 saturated heterocycles. The zero-order valence-electron chi connectivity index (χ0n) is 11.1. The minimum absolute atomic E-state index is 0.144. The molecule has 0 radical (unpaired) electrons. The van der Waals surface area contributed by atoms with E-state index in [1.807, 2.05) is 12.2 Å². The molecular formula is C14H14BrIN2O3. The molecule has 0 saturated carbocycles. The SMILES string of the molecule is Brc1cnc(OC2COC(C3(I)C=CC=CC3)OC2)cn1. The Balaban J connectivity index is 1.54. The van der Waals surface area contributed by atoms with Gasteiger partial charge in [0.25, 0.3) is 0 Å². The number of ether oxygens (including phenoxy) is 3. The summed E-state index contributed by atoms with van der Waals surface area (Å²) in [6.07, 6.45) is 12.0. The number of hydrogen-bond acceptors (Lipinski definition) is 5. The first-order chi connectivity index (χ1) is 10.2. The molecule has 1 unspecified atom stereocenters. The number of alkyl halides is 1. The summed E-state index contributed by atoms with van der Waals surface area (Å²) in [7, 11) is 0. The van der Waals surface area contributed by atoms with Crippen LogP contribution in [-0.4, -0.2) is 39.0 Å². The van der Waals surface area contributed by atoms with E-state index in [0.29, 0.717) is 23.7 Å². The Kier molecular flexibility index (Phi) is 4.92. The summed E-state index contributed by atoms with van der Waals surface area (Å²) in [6, 6.07) is 0. The number of allylic oxidation sites excluding steroid dienone is 3. The molecule has 0 amide bonds. The molecule has 1 fully saturated rings. The first kappa shape index (κ1) is 15.4. The maximum Gasteiger partial charge on any atom is 0.232 e. The first-order valence-electron chi connectivity index (χ1n) is 6.56. The second kappa shape index (κ2) is 6.72. The quantitative estimate of drug-likeness (QED) is 0.508. The standard InChI is InChI=1S/C14H14BrIN2O3/c15-11-6-18-12(7-17-11)21-10-8-19-13(20-9-10)14(16)4-2-1-3-5-14/h1-4,6-7,10,13H,5,8-9H2. The molecule has 21 heavy (non-hydrogen) atoms. The molecular weight excluding hydrogens is 451 g/mol. The molecule has 0 N–H and O–H groups in total. The highest BCUT2D eigenvalue weighted by molar-refractivity contribution is 14.1. The number of aromatic nitrogens is 2. The van der Waals surface area contributed by atoms with Crippen LogP contribution in [0.15, 0.2) is 41.3 Å². The average molecular weight is 465 g/mol. The molecule has 2 heterocycles. The van der Waals surface area contributed by atoms with Gasteiger partial charge in [0.15, 0.2) is 6.29 Å². The van der Waals surface area contributed by atoms with E-state index in [9.17, 15) is 0 Å². The van der Waals surface area contributed by atoms with E-state index < -0.39 is 0 Å². The predicted molar refractivity (Wildman–Crippen MR) is 89.5 cm³/mol. The summed E-state index contributed by atoms with van der Waals surface area (Å²) in [4.78, 5) is 8.20. The highest BCUT2D eigenvalue weighted by Gasteiger charge is 2.39. The van der Waals surface area contributed by atoms with Crippen molar-refractivity contribution in [3.05, 3.63) is 41.3 Å². The minimum Gasteiger partial charge on any atom is -0.468 e. The highest BCUT2D eigenvalue weighted by atomic mass is 127. The second-order valence-electron chi connectivity index (χ2n) is 4.83. The lowest BCUT2D eigenvalue weighted by atomic mass is 10.00. The molecule has 1 aromatic heterocycles. The second-order valence-corrected chi connectivity index (χ2v) is 7.65. The van der Waals surface area contributed by atoms with Gasteiger partial charge in [0.05, 0.1) is 29.0 Å². The Hall–Kier alpha value is -0.510. The van der Waals surface area contributed by atoms with Crippen molar-refractivity contribution in [1.29, 1.82) is 0 Å². The van der Waals surface area contributed by atoms with Crippen LogP contribution in [0.5, 0.6) is 5.88 Å². The van der Waals surface area contributed by atoms with Crippen molar-refractivity contribution in [3.8, 4) is 5.88 Å². The van der Waals surface area contributed by atoms with Gasteiger partial charge in [-0.1, -0.05) is 46.9 Å². The lowest BCUT2D eigenvalue weighted by Gasteiger charge is -2.38. The lowest BCUT2D eigenvalue weighted by molar-refractivity contribution is -0.217. The molecule has 1 aromatic rings. The van der Waals surface area contributed by atoms with Crippen molar-refractivity contribution in [1.82, 2.24) is 9.97 Å². The molecule has 3 rings (SSSR count). The topological polar surface area (TPSA) is 53.5 Å². The van der Waals surface area contributed by atoms with E-state index >= 15 is 0 Å². The first-order valence-corrected chi connectivity index (χ1v) is 8.43. The molecule has 1 aliphatic carbocycles. The zero-order chi connectivity index (χ0) is 14.7. The summed E-state index contributed by atoms with van der Waals surface area (Å²) in [5.41, 5.74) is 0. The molecule has 5 nitrogen and oxygen atoms in total. The normalized spacial score (nSPS) is 32.1. The van der Waals surface area contributed by atoms with Crippen molar-refractivity contribution in [2.45, 2.75) is 22.2 Å². The van der Waals surface area contributed by atoms with E-state index in [2.05, 4.69) is 60.6 Å². The van der Waals surface area contributed by atoms with Crippen LogP contribution >= 0.6 is 38.5 Å². The van der Waals surface area contributed by atoms with Crippen LogP contribution in [0.3, 0.4) is 0 Å². The van der Waals surface area contributed by atoms with E-state index in [4.69, 9.17) is 14.2 Å². The number of halogens is 2. The van der Waals surface area contributed by atoms with Crippen LogP contribution in [-0.2, 0) is 9.47 Å². The van der Waals surface area contributed by atoms with Crippen LogP contribution in [0, 0.1) is 0 Å². The van der Waals surface area contributed by atoms with Crippen molar-refractivity contribution >= 4 is 38.5 Å². The Morgan fingerprint density at radius 3 is 2.67 bits per heavy atom. The number of nitrogens with zero attached hydrogens (tertiary/aromatic N) is 2. The smallest absolute Gasteiger partial charge is 0.232 e. The van der Waals surface area contributed by atoms with Crippen molar-refractivity contribution < 1.29 is 14.2 Å². The third kappa shape index (κ3) is 3.82. The molecule has 7 heteroatoms. The molecule has 112 valence electrons. The van der Waals surface area contributed by atoms with E-state index in [0.717, 1.165) is 6.42 Å². The highest BCUT2D eigenvalue weighted by Crippen LogP contribution is 2.36. The van der Waals surface area contributed by atoms with Gasteiger partial charge in [-0.3, -0.25) is 0 Å². The largest absolute Gasteiger partial charge is 0.468 e. The molecule has 0 bridgehead atoms. The van der Waals surface area contributed by atoms with Gasteiger partial charge >= 0.3 is 0 Å². The van der Waals surface area contributed by atoms with Gasteiger partial charge in [0, 0.05) is 0 Å². The summed E-state index contributed by atoms with van der Waals surface area (Å²) in [5.74, 6) is 0.471. The van der Waals surface area contributed by atoms with Crippen LogP contribution in [0.1, 0.15) is 6.42 Å². The van der Waals surface area contributed by atoms with Gasteiger partial charge in [0.1, 0.15) is 10.7 Å². The Bertz CT molecular complexity index is 544.